The molecule has 0 bridgehead atoms. The van der Waals surface area contributed by atoms with Crippen molar-refractivity contribution in [2.75, 3.05) is 0 Å². The van der Waals surface area contributed by atoms with Gasteiger partial charge in [0.15, 0.2) is 0 Å². The molecule has 11 rings (SSSR count). The Bertz CT molecular complexity index is 3100. The molecule has 0 spiro atoms. The maximum absolute atomic E-state index is 2.44. The predicted octanol–water partition coefficient (Wildman–Crippen LogP) is 14.9. The van der Waals surface area contributed by atoms with Crippen LogP contribution in [-0.2, 0) is 0 Å². The Kier molecular flexibility index (Phi) is 6.09. The van der Waals surface area contributed by atoms with Gasteiger partial charge in [0.2, 0.25) is 0 Å². The Labute approximate surface area is 297 Å². The summed E-state index contributed by atoms with van der Waals surface area (Å²) in [6.07, 6.45) is 0. The van der Waals surface area contributed by atoms with Crippen molar-refractivity contribution in [2.45, 2.75) is 0 Å². The molecule has 0 radical (unpaired) electrons. The third kappa shape index (κ3) is 4.29. The van der Waals surface area contributed by atoms with E-state index in [1.54, 1.807) is 0 Å². The quantitative estimate of drug-likeness (QED) is 0.164. The van der Waals surface area contributed by atoms with Crippen molar-refractivity contribution in [2.24, 2.45) is 0 Å². The largest absolute Gasteiger partial charge is 0.135 e. The molecule has 0 nitrogen and oxygen atoms in total. The third-order valence-electron chi connectivity index (χ3n) is 10.4. The van der Waals surface area contributed by atoms with Crippen LogP contribution < -0.4 is 0 Å². The molecule has 2 aromatic heterocycles. The molecule has 0 amide bonds. The molecular formula is C48H28S2. The Morgan fingerprint density at radius 3 is 1.40 bits per heavy atom. The van der Waals surface area contributed by atoms with E-state index < -0.39 is 0 Å². The predicted molar refractivity (Wildman–Crippen MR) is 221 cm³/mol. The zero-order chi connectivity index (χ0) is 32.8. The van der Waals surface area contributed by atoms with E-state index >= 15 is 0 Å². The summed E-state index contributed by atoms with van der Waals surface area (Å²) in [5.41, 5.74) is 6.40. The van der Waals surface area contributed by atoms with Crippen molar-refractivity contribution in [3.63, 3.8) is 0 Å². The average Bonchev–Trinajstić information content (AvgIpc) is 3.75. The van der Waals surface area contributed by atoms with Crippen molar-refractivity contribution in [1.82, 2.24) is 0 Å². The lowest BCUT2D eigenvalue weighted by Crippen LogP contribution is -1.91. The molecular weight excluding hydrogens is 641 g/mol. The lowest BCUT2D eigenvalue weighted by molar-refractivity contribution is 1.69. The fourth-order valence-electron chi connectivity index (χ4n) is 8.05. The molecule has 0 fully saturated rings. The van der Waals surface area contributed by atoms with E-state index in [0.717, 1.165) is 0 Å². The molecule has 0 unspecified atom stereocenters. The monoisotopic (exact) mass is 668 g/mol. The van der Waals surface area contributed by atoms with E-state index in [-0.39, 0.29) is 0 Å². The second kappa shape index (κ2) is 10.9. The smallest absolute Gasteiger partial charge is 0.0369 e. The summed E-state index contributed by atoms with van der Waals surface area (Å²) in [7, 11) is 0. The van der Waals surface area contributed by atoms with Gasteiger partial charge in [-0.2, -0.15) is 0 Å². The zero-order valence-electron chi connectivity index (χ0n) is 27.0. The first-order valence-electron chi connectivity index (χ1n) is 17.1. The fraction of sp³-hybridized carbons (Fsp3) is 0. The standard InChI is InChI=1S/C48H28S2/c1-3-11-31-23-33(19-17-29(31)9-1)44-27-36-26-42-41-25-35(21-22-43(41)49-46(42)28-45(36)50-44)48-39-15-7-5-13-37(39)47(38-14-6-8-16-40(38)48)34-20-18-30-10-2-4-12-32(30)24-34/h1-28H. The van der Waals surface area contributed by atoms with Crippen molar-refractivity contribution in [3.05, 3.63) is 170 Å². The van der Waals surface area contributed by atoms with Crippen LogP contribution in [0, 0.1) is 0 Å². The molecule has 0 saturated carbocycles. The number of rotatable bonds is 3. The van der Waals surface area contributed by atoms with Gasteiger partial charge in [-0.1, -0.05) is 127 Å². The number of benzene rings is 9. The first-order chi connectivity index (χ1) is 24.7. The van der Waals surface area contributed by atoms with Crippen molar-refractivity contribution < 1.29 is 0 Å². The SMILES string of the molecule is c1ccc2cc(-c3cc4cc5c(cc4s3)sc3ccc(-c4c6ccccc6c(-c6ccc7ccccc7c6)c6ccccc46)cc35)ccc2c1. The molecule has 0 aliphatic heterocycles. The van der Waals surface area contributed by atoms with E-state index in [1.807, 2.05) is 22.7 Å². The highest BCUT2D eigenvalue weighted by atomic mass is 32.1. The van der Waals surface area contributed by atoms with Gasteiger partial charge in [-0.3, -0.25) is 0 Å². The maximum atomic E-state index is 2.44. The van der Waals surface area contributed by atoms with Crippen molar-refractivity contribution in [3.8, 4) is 32.7 Å². The minimum atomic E-state index is 1.25. The van der Waals surface area contributed by atoms with Gasteiger partial charge in [0.25, 0.3) is 0 Å². The van der Waals surface area contributed by atoms with E-state index in [9.17, 15) is 0 Å². The number of hydrogen-bond donors (Lipinski definition) is 0. The molecule has 0 atom stereocenters. The molecule has 0 aliphatic rings. The number of fused-ring (bicyclic) bond motifs is 8. The highest BCUT2D eigenvalue weighted by Gasteiger charge is 2.18. The van der Waals surface area contributed by atoms with Crippen LogP contribution in [0.4, 0.5) is 0 Å². The normalized spacial score (nSPS) is 12.0. The Hall–Kier alpha value is -5.80. The second-order valence-electron chi connectivity index (χ2n) is 13.3. The summed E-state index contributed by atoms with van der Waals surface area (Å²) >= 11 is 3.79. The van der Waals surface area contributed by atoms with E-state index in [0.29, 0.717) is 0 Å². The van der Waals surface area contributed by atoms with Gasteiger partial charge < -0.3 is 0 Å². The summed E-state index contributed by atoms with van der Waals surface area (Å²) < 4.78 is 4.02. The second-order valence-corrected chi connectivity index (χ2v) is 15.4. The molecule has 11 aromatic rings. The number of hydrogen-bond acceptors (Lipinski definition) is 2. The molecule has 0 N–H and O–H groups in total. The van der Waals surface area contributed by atoms with Gasteiger partial charge in [0, 0.05) is 29.7 Å². The summed E-state index contributed by atoms with van der Waals surface area (Å²) in [5.74, 6) is 0. The van der Waals surface area contributed by atoms with Crippen LogP contribution in [0.15, 0.2) is 170 Å². The number of thiophene rings is 2. The van der Waals surface area contributed by atoms with Crippen LogP contribution in [0.25, 0.3) is 106 Å². The van der Waals surface area contributed by atoms with E-state index in [2.05, 4.69) is 170 Å². The van der Waals surface area contributed by atoms with Gasteiger partial charge in [0.1, 0.15) is 0 Å². The highest BCUT2D eigenvalue weighted by Crippen LogP contribution is 2.47. The molecule has 0 saturated heterocycles. The average molecular weight is 669 g/mol. The topological polar surface area (TPSA) is 0 Å². The fourth-order valence-corrected chi connectivity index (χ4v) is 10.3. The molecule has 232 valence electrons. The lowest BCUT2D eigenvalue weighted by atomic mass is 9.85. The van der Waals surface area contributed by atoms with Crippen LogP contribution in [0.3, 0.4) is 0 Å². The van der Waals surface area contributed by atoms with Gasteiger partial charge in [-0.15, -0.1) is 22.7 Å². The molecule has 2 heteroatoms. The first-order valence-corrected chi connectivity index (χ1v) is 18.7. The molecule has 50 heavy (non-hydrogen) atoms. The zero-order valence-corrected chi connectivity index (χ0v) is 28.6. The third-order valence-corrected chi connectivity index (χ3v) is 12.7. The Balaban J connectivity index is 1.11. The summed E-state index contributed by atoms with van der Waals surface area (Å²) in [4.78, 5) is 1.32. The summed E-state index contributed by atoms with van der Waals surface area (Å²) in [5, 5.41) is 14.2. The lowest BCUT2D eigenvalue weighted by Gasteiger charge is -2.18. The van der Waals surface area contributed by atoms with Crippen LogP contribution in [0.2, 0.25) is 0 Å². The molecule has 0 aliphatic carbocycles. The van der Waals surface area contributed by atoms with E-state index in [4.69, 9.17) is 0 Å². The Morgan fingerprint density at radius 2 is 0.760 bits per heavy atom. The summed E-state index contributed by atoms with van der Waals surface area (Å²) in [6, 6.07) is 63.3. The molecule has 2 heterocycles. The highest BCUT2D eigenvalue weighted by molar-refractivity contribution is 7.26. The van der Waals surface area contributed by atoms with Crippen LogP contribution in [0.1, 0.15) is 0 Å². The van der Waals surface area contributed by atoms with Crippen LogP contribution >= 0.6 is 22.7 Å². The summed E-state index contributed by atoms with van der Waals surface area (Å²) in [6.45, 7) is 0. The minimum absolute atomic E-state index is 1.25. The van der Waals surface area contributed by atoms with Gasteiger partial charge in [-0.05, 0) is 119 Å². The maximum Gasteiger partial charge on any atom is 0.0369 e. The molecule has 9 aromatic carbocycles. The van der Waals surface area contributed by atoms with Crippen LogP contribution in [0.5, 0.6) is 0 Å². The van der Waals surface area contributed by atoms with Gasteiger partial charge in [0.05, 0.1) is 0 Å². The minimum Gasteiger partial charge on any atom is -0.135 e. The van der Waals surface area contributed by atoms with Gasteiger partial charge in [-0.25, -0.2) is 0 Å². The van der Waals surface area contributed by atoms with Gasteiger partial charge >= 0.3 is 0 Å². The Morgan fingerprint density at radius 1 is 0.260 bits per heavy atom. The van der Waals surface area contributed by atoms with Crippen molar-refractivity contribution in [1.29, 1.82) is 0 Å². The van der Waals surface area contributed by atoms with E-state index in [1.165, 1.54) is 106 Å². The first kappa shape index (κ1) is 28.1. The van der Waals surface area contributed by atoms with Crippen LogP contribution in [-0.4, -0.2) is 0 Å². The van der Waals surface area contributed by atoms with Crippen molar-refractivity contribution >= 4 is 96.0 Å².